The lowest BCUT2D eigenvalue weighted by Crippen LogP contribution is -2.16. The Morgan fingerprint density at radius 3 is 2.71 bits per heavy atom. The average Bonchev–Trinajstić information content (AvgIpc) is 3.04. The summed E-state index contributed by atoms with van der Waals surface area (Å²) in [5.74, 6) is 0. The molecule has 1 heterocycles. The van der Waals surface area contributed by atoms with Crippen LogP contribution in [0, 0.1) is 20.8 Å². The standard InChI is InChI=1S/C15H20N2/c1-9-6-10(2)15-13(7-9)11(3)14(17-15)8-16-12-4-5-12/h6-7,12,16-17H,4-5,8H2,1-3H3. The highest BCUT2D eigenvalue weighted by Crippen LogP contribution is 2.27. The van der Waals surface area contributed by atoms with E-state index in [-0.39, 0.29) is 0 Å². The first kappa shape index (κ1) is 10.8. The Balaban J connectivity index is 2.01. The normalized spacial score (nSPS) is 15.7. The summed E-state index contributed by atoms with van der Waals surface area (Å²) in [6.45, 7) is 7.55. The van der Waals surface area contributed by atoms with Gasteiger partial charge in [0.25, 0.3) is 0 Å². The van der Waals surface area contributed by atoms with Gasteiger partial charge in [0.2, 0.25) is 0 Å². The molecule has 0 radical (unpaired) electrons. The fourth-order valence-corrected chi connectivity index (χ4v) is 2.55. The van der Waals surface area contributed by atoms with Gasteiger partial charge in [-0.3, -0.25) is 0 Å². The molecule has 90 valence electrons. The van der Waals surface area contributed by atoms with Crippen LogP contribution in [0.3, 0.4) is 0 Å². The number of benzene rings is 1. The molecular formula is C15H20N2. The van der Waals surface area contributed by atoms with Crippen molar-refractivity contribution >= 4 is 10.9 Å². The second kappa shape index (κ2) is 3.88. The molecule has 3 rings (SSSR count). The zero-order valence-electron chi connectivity index (χ0n) is 10.9. The molecule has 1 aromatic heterocycles. The molecule has 0 amide bonds. The van der Waals surface area contributed by atoms with Crippen LogP contribution in [0.5, 0.6) is 0 Å². The molecule has 0 atom stereocenters. The molecule has 0 unspecified atom stereocenters. The molecule has 1 saturated carbocycles. The number of nitrogens with one attached hydrogen (secondary N) is 2. The van der Waals surface area contributed by atoms with Crippen molar-refractivity contribution in [2.75, 3.05) is 0 Å². The first-order valence-corrected chi connectivity index (χ1v) is 6.47. The van der Waals surface area contributed by atoms with Gasteiger partial charge < -0.3 is 10.3 Å². The highest BCUT2D eigenvalue weighted by Gasteiger charge is 2.21. The first-order valence-electron chi connectivity index (χ1n) is 6.47. The fraction of sp³-hybridized carbons (Fsp3) is 0.467. The molecule has 2 heteroatoms. The van der Waals surface area contributed by atoms with Gasteiger partial charge in [-0.2, -0.15) is 0 Å². The maximum absolute atomic E-state index is 3.58. The van der Waals surface area contributed by atoms with Crippen LogP contribution < -0.4 is 5.32 Å². The highest BCUT2D eigenvalue weighted by atomic mass is 15.0. The number of H-pyrrole nitrogens is 1. The van der Waals surface area contributed by atoms with Gasteiger partial charge in [-0.25, -0.2) is 0 Å². The molecule has 0 saturated heterocycles. The number of hydrogen-bond donors (Lipinski definition) is 2. The van der Waals surface area contributed by atoms with Crippen LogP contribution in [0.4, 0.5) is 0 Å². The molecule has 2 N–H and O–H groups in total. The second-order valence-electron chi connectivity index (χ2n) is 5.39. The minimum atomic E-state index is 0.767. The Bertz CT molecular complexity index is 562. The van der Waals surface area contributed by atoms with Crippen LogP contribution in [0.1, 0.15) is 35.2 Å². The molecule has 0 bridgehead atoms. The molecule has 1 aliphatic rings. The van der Waals surface area contributed by atoms with E-state index in [9.17, 15) is 0 Å². The lowest BCUT2D eigenvalue weighted by molar-refractivity contribution is 0.675. The Hall–Kier alpha value is -1.28. The van der Waals surface area contributed by atoms with Crippen LogP contribution in [0.2, 0.25) is 0 Å². The minimum absolute atomic E-state index is 0.767. The van der Waals surface area contributed by atoms with Gasteiger partial charge in [0.15, 0.2) is 0 Å². The monoisotopic (exact) mass is 228 g/mol. The Labute approximate surface area is 102 Å². The molecule has 1 fully saturated rings. The number of aromatic amines is 1. The molecule has 0 spiro atoms. The van der Waals surface area contributed by atoms with E-state index in [1.165, 1.54) is 46.1 Å². The van der Waals surface area contributed by atoms with E-state index in [2.05, 4.69) is 43.2 Å². The van der Waals surface area contributed by atoms with Crippen LogP contribution in [0.15, 0.2) is 12.1 Å². The number of fused-ring (bicyclic) bond motifs is 1. The molecule has 1 aromatic carbocycles. The third-order valence-corrected chi connectivity index (χ3v) is 3.76. The highest BCUT2D eigenvalue weighted by molar-refractivity contribution is 5.87. The Morgan fingerprint density at radius 2 is 2.00 bits per heavy atom. The predicted molar refractivity (Wildman–Crippen MR) is 72.4 cm³/mol. The maximum Gasteiger partial charge on any atom is 0.0489 e. The number of rotatable bonds is 3. The van der Waals surface area contributed by atoms with Gasteiger partial charge >= 0.3 is 0 Å². The second-order valence-corrected chi connectivity index (χ2v) is 5.39. The molecule has 0 aliphatic heterocycles. The van der Waals surface area contributed by atoms with Crippen LogP contribution in [0.25, 0.3) is 10.9 Å². The van der Waals surface area contributed by atoms with Gasteiger partial charge in [-0.15, -0.1) is 0 Å². The van der Waals surface area contributed by atoms with Crippen molar-refractivity contribution in [3.8, 4) is 0 Å². The maximum atomic E-state index is 3.58. The summed E-state index contributed by atoms with van der Waals surface area (Å²) >= 11 is 0. The lowest BCUT2D eigenvalue weighted by atomic mass is 10.1. The van der Waals surface area contributed by atoms with Crippen molar-refractivity contribution in [2.24, 2.45) is 0 Å². The van der Waals surface area contributed by atoms with Gasteiger partial charge in [0.05, 0.1) is 0 Å². The fourth-order valence-electron chi connectivity index (χ4n) is 2.55. The molecule has 2 aromatic rings. The quantitative estimate of drug-likeness (QED) is 0.828. The van der Waals surface area contributed by atoms with Crippen LogP contribution >= 0.6 is 0 Å². The topological polar surface area (TPSA) is 27.8 Å². The van der Waals surface area contributed by atoms with E-state index in [0.717, 1.165) is 12.6 Å². The van der Waals surface area contributed by atoms with E-state index in [0.29, 0.717) is 0 Å². The van der Waals surface area contributed by atoms with E-state index in [1.807, 2.05) is 0 Å². The third kappa shape index (κ3) is 1.98. The van der Waals surface area contributed by atoms with Crippen molar-refractivity contribution in [3.05, 3.63) is 34.5 Å². The number of hydrogen-bond acceptors (Lipinski definition) is 1. The summed E-state index contributed by atoms with van der Waals surface area (Å²) in [7, 11) is 0. The summed E-state index contributed by atoms with van der Waals surface area (Å²) in [6, 6.07) is 5.30. The van der Waals surface area contributed by atoms with E-state index >= 15 is 0 Å². The lowest BCUT2D eigenvalue weighted by Gasteiger charge is -2.01. The average molecular weight is 228 g/mol. The van der Waals surface area contributed by atoms with Gasteiger partial charge in [0.1, 0.15) is 0 Å². The Morgan fingerprint density at radius 1 is 1.24 bits per heavy atom. The van der Waals surface area contributed by atoms with Crippen molar-refractivity contribution in [2.45, 2.75) is 46.2 Å². The van der Waals surface area contributed by atoms with Crippen LogP contribution in [-0.2, 0) is 6.54 Å². The largest absolute Gasteiger partial charge is 0.357 e. The predicted octanol–water partition coefficient (Wildman–Crippen LogP) is 3.35. The van der Waals surface area contributed by atoms with Crippen molar-refractivity contribution < 1.29 is 0 Å². The summed E-state index contributed by atoms with van der Waals surface area (Å²) in [5.41, 5.74) is 6.75. The van der Waals surface area contributed by atoms with Gasteiger partial charge in [-0.05, 0) is 50.8 Å². The van der Waals surface area contributed by atoms with E-state index in [4.69, 9.17) is 0 Å². The number of aryl methyl sites for hydroxylation is 3. The Kier molecular flexibility index (Phi) is 2.48. The first-order chi connectivity index (χ1) is 8.15. The summed E-state index contributed by atoms with van der Waals surface area (Å²) in [6.07, 6.45) is 2.69. The minimum Gasteiger partial charge on any atom is -0.357 e. The summed E-state index contributed by atoms with van der Waals surface area (Å²) in [4.78, 5) is 3.58. The zero-order valence-corrected chi connectivity index (χ0v) is 10.9. The summed E-state index contributed by atoms with van der Waals surface area (Å²) < 4.78 is 0. The molecule has 1 aliphatic carbocycles. The zero-order chi connectivity index (χ0) is 12.0. The summed E-state index contributed by atoms with van der Waals surface area (Å²) in [5, 5.41) is 4.96. The van der Waals surface area contributed by atoms with Gasteiger partial charge in [0, 0.05) is 29.2 Å². The van der Waals surface area contributed by atoms with Gasteiger partial charge in [-0.1, -0.05) is 11.6 Å². The molecule has 17 heavy (non-hydrogen) atoms. The van der Waals surface area contributed by atoms with E-state index in [1.54, 1.807) is 0 Å². The van der Waals surface area contributed by atoms with E-state index < -0.39 is 0 Å². The van der Waals surface area contributed by atoms with Crippen molar-refractivity contribution in [1.29, 1.82) is 0 Å². The molecule has 2 nitrogen and oxygen atoms in total. The SMILES string of the molecule is Cc1cc(C)c2[nH]c(CNC3CC3)c(C)c2c1. The molecular weight excluding hydrogens is 208 g/mol. The van der Waals surface area contributed by atoms with Crippen LogP contribution in [-0.4, -0.2) is 11.0 Å². The third-order valence-electron chi connectivity index (χ3n) is 3.76. The van der Waals surface area contributed by atoms with Crippen molar-refractivity contribution in [3.63, 3.8) is 0 Å². The smallest absolute Gasteiger partial charge is 0.0489 e. The number of aromatic nitrogens is 1. The van der Waals surface area contributed by atoms with Crippen molar-refractivity contribution in [1.82, 2.24) is 10.3 Å².